The van der Waals surface area contributed by atoms with E-state index >= 15 is 0 Å². The minimum atomic E-state index is 0.0979. The van der Waals surface area contributed by atoms with Crippen molar-refractivity contribution in [2.24, 2.45) is 5.92 Å². The first kappa shape index (κ1) is 15.9. The summed E-state index contributed by atoms with van der Waals surface area (Å²) in [6, 6.07) is 7.62. The molecule has 122 valence electrons. The Morgan fingerprint density at radius 1 is 1.30 bits per heavy atom. The van der Waals surface area contributed by atoms with Crippen molar-refractivity contribution in [2.45, 2.75) is 39.2 Å². The van der Waals surface area contributed by atoms with Crippen molar-refractivity contribution in [3.63, 3.8) is 0 Å². The molecule has 0 unspecified atom stereocenters. The highest BCUT2D eigenvalue weighted by atomic mass is 32.1. The Bertz CT molecular complexity index is 735. The molecule has 2 atom stereocenters. The fourth-order valence-corrected chi connectivity index (χ4v) is 3.21. The Hall–Kier alpha value is -1.95. The van der Waals surface area contributed by atoms with Crippen molar-refractivity contribution in [3.8, 4) is 11.5 Å². The summed E-state index contributed by atoms with van der Waals surface area (Å²) in [7, 11) is 0. The smallest absolute Gasteiger partial charge is 0.284 e. The van der Waals surface area contributed by atoms with E-state index in [9.17, 15) is 4.79 Å². The lowest BCUT2D eigenvalue weighted by Gasteiger charge is -2.28. The van der Waals surface area contributed by atoms with Crippen LogP contribution in [0.2, 0.25) is 0 Å². The van der Waals surface area contributed by atoms with Crippen molar-refractivity contribution in [2.75, 3.05) is 6.54 Å². The van der Waals surface area contributed by atoms with E-state index in [4.69, 9.17) is 16.6 Å². The quantitative estimate of drug-likeness (QED) is 0.843. The van der Waals surface area contributed by atoms with Gasteiger partial charge in [-0.15, -0.1) is 5.10 Å². The molecule has 2 heterocycles. The molecule has 3 rings (SSSR count). The van der Waals surface area contributed by atoms with Gasteiger partial charge < -0.3 is 9.32 Å². The van der Waals surface area contributed by atoms with Crippen LogP contribution in [0.1, 0.15) is 43.5 Å². The molecular weight excluding hydrogens is 310 g/mol. The molecule has 23 heavy (non-hydrogen) atoms. The van der Waals surface area contributed by atoms with Crippen molar-refractivity contribution < 1.29 is 9.21 Å². The average Bonchev–Trinajstić information content (AvgIpc) is 2.90. The van der Waals surface area contributed by atoms with Gasteiger partial charge in [0, 0.05) is 23.7 Å². The lowest BCUT2D eigenvalue weighted by Crippen LogP contribution is -2.39. The van der Waals surface area contributed by atoms with Crippen LogP contribution in [-0.2, 0) is 0 Å². The summed E-state index contributed by atoms with van der Waals surface area (Å²) in [5, 5.41) is 6.59. The number of H-pyrrole nitrogens is 1. The summed E-state index contributed by atoms with van der Waals surface area (Å²) in [4.78, 5) is 15.1. The van der Waals surface area contributed by atoms with Gasteiger partial charge in [0.2, 0.25) is 5.89 Å². The van der Waals surface area contributed by atoms with Gasteiger partial charge in [0.05, 0.1) is 0 Å². The fourth-order valence-electron chi connectivity index (χ4n) is 3.08. The molecule has 5 nitrogen and oxygen atoms in total. The van der Waals surface area contributed by atoms with Gasteiger partial charge in [0.15, 0.2) is 0 Å². The summed E-state index contributed by atoms with van der Waals surface area (Å²) in [6.45, 7) is 5.18. The van der Waals surface area contributed by atoms with E-state index in [0.717, 1.165) is 18.5 Å². The number of likely N-dealkylation sites (tertiary alicyclic amines) is 1. The molecule has 1 fully saturated rings. The van der Waals surface area contributed by atoms with Gasteiger partial charge in [-0.3, -0.25) is 4.79 Å². The maximum Gasteiger partial charge on any atom is 0.284 e. The van der Waals surface area contributed by atoms with Crippen molar-refractivity contribution in [1.29, 1.82) is 0 Å². The number of nitrogens with zero attached hydrogens (tertiary/aromatic N) is 2. The van der Waals surface area contributed by atoms with E-state index in [2.05, 4.69) is 24.0 Å². The van der Waals surface area contributed by atoms with Crippen LogP contribution in [0.4, 0.5) is 0 Å². The van der Waals surface area contributed by atoms with Gasteiger partial charge in [-0.05, 0) is 62.2 Å². The Kier molecular flexibility index (Phi) is 4.61. The zero-order valence-electron chi connectivity index (χ0n) is 13.4. The second-order valence-corrected chi connectivity index (χ2v) is 6.71. The highest BCUT2D eigenvalue weighted by Gasteiger charge is 2.25. The first-order chi connectivity index (χ1) is 11.0. The van der Waals surface area contributed by atoms with E-state index in [-0.39, 0.29) is 16.8 Å². The number of aromatic amines is 1. The minimum absolute atomic E-state index is 0.0979. The van der Waals surface area contributed by atoms with Gasteiger partial charge in [-0.2, -0.15) is 0 Å². The highest BCUT2D eigenvalue weighted by Crippen LogP contribution is 2.24. The molecule has 1 aromatic carbocycles. The Labute approximate surface area is 140 Å². The molecule has 1 aliphatic heterocycles. The molecule has 0 radical (unpaired) electrons. The number of rotatable bonds is 2. The lowest BCUT2D eigenvalue weighted by atomic mass is 10.1. The van der Waals surface area contributed by atoms with E-state index < -0.39 is 0 Å². The third-order valence-corrected chi connectivity index (χ3v) is 4.61. The number of carbonyl (C=O) groups excluding carboxylic acids is 1. The van der Waals surface area contributed by atoms with Crippen LogP contribution in [0.3, 0.4) is 0 Å². The van der Waals surface area contributed by atoms with E-state index in [1.165, 1.54) is 12.8 Å². The average molecular weight is 331 g/mol. The van der Waals surface area contributed by atoms with E-state index in [0.29, 0.717) is 17.4 Å². The largest absolute Gasteiger partial charge is 0.409 e. The number of amides is 1. The lowest BCUT2D eigenvalue weighted by molar-refractivity contribution is 0.0677. The predicted octanol–water partition coefficient (Wildman–Crippen LogP) is 4.05. The first-order valence-electron chi connectivity index (χ1n) is 8.01. The summed E-state index contributed by atoms with van der Waals surface area (Å²) < 4.78 is 5.29. The molecule has 1 aromatic heterocycles. The molecule has 0 aliphatic carbocycles. The molecule has 2 aromatic rings. The van der Waals surface area contributed by atoms with Crippen molar-refractivity contribution >= 4 is 18.1 Å². The van der Waals surface area contributed by atoms with Crippen LogP contribution in [-0.4, -0.2) is 33.6 Å². The fraction of sp³-hybridized carbons (Fsp3) is 0.471. The second kappa shape index (κ2) is 6.66. The van der Waals surface area contributed by atoms with Gasteiger partial charge in [-0.1, -0.05) is 13.3 Å². The van der Waals surface area contributed by atoms with Crippen molar-refractivity contribution in [3.05, 3.63) is 34.7 Å². The molecule has 6 heteroatoms. The van der Waals surface area contributed by atoms with Gasteiger partial charge in [0.25, 0.3) is 10.7 Å². The number of hydrogen-bond donors (Lipinski definition) is 1. The third-order valence-electron chi connectivity index (χ3n) is 4.44. The first-order valence-corrected chi connectivity index (χ1v) is 8.42. The molecule has 1 aliphatic rings. The van der Waals surface area contributed by atoms with Crippen LogP contribution >= 0.6 is 12.2 Å². The molecule has 1 amide bonds. The van der Waals surface area contributed by atoms with E-state index in [1.54, 1.807) is 0 Å². The van der Waals surface area contributed by atoms with Gasteiger partial charge in [0.1, 0.15) is 0 Å². The van der Waals surface area contributed by atoms with Crippen LogP contribution in [0.25, 0.3) is 11.5 Å². The number of benzene rings is 1. The topological polar surface area (TPSA) is 62.1 Å². The Balaban J connectivity index is 1.80. The van der Waals surface area contributed by atoms with Crippen LogP contribution in [0.5, 0.6) is 0 Å². The molecular formula is C17H21N3O2S. The highest BCUT2D eigenvalue weighted by molar-refractivity contribution is 7.71. The zero-order valence-corrected chi connectivity index (χ0v) is 14.2. The number of carbonyl (C=O) groups is 1. The van der Waals surface area contributed by atoms with Crippen LogP contribution < -0.4 is 0 Å². The molecule has 1 saturated heterocycles. The Morgan fingerprint density at radius 2 is 2.04 bits per heavy atom. The second-order valence-electron chi connectivity index (χ2n) is 6.34. The Morgan fingerprint density at radius 3 is 2.70 bits per heavy atom. The van der Waals surface area contributed by atoms with Crippen molar-refractivity contribution in [1.82, 2.24) is 15.1 Å². The summed E-state index contributed by atoms with van der Waals surface area (Å²) in [5.41, 5.74) is 1.50. The maximum absolute atomic E-state index is 12.8. The van der Waals surface area contributed by atoms with Crippen LogP contribution in [0, 0.1) is 10.8 Å². The van der Waals surface area contributed by atoms with Crippen LogP contribution in [0.15, 0.2) is 28.7 Å². The normalized spacial score (nSPS) is 21.9. The molecule has 1 N–H and O–H groups in total. The number of nitrogens with one attached hydrogen (secondary N) is 1. The monoisotopic (exact) mass is 331 g/mol. The zero-order chi connectivity index (χ0) is 16.4. The predicted molar refractivity (Wildman–Crippen MR) is 90.6 cm³/mol. The summed E-state index contributed by atoms with van der Waals surface area (Å²) in [6.07, 6.45) is 3.45. The standard InChI is InChI=1S/C17H21N3O2S/c1-11-4-3-5-12(2)20(10-11)16(21)14-8-6-13(7-9-14)15-18-19-17(23)22-15/h6-9,11-12H,3-5,10H2,1-2H3,(H,19,23)/t11-,12+/m1/s1. The van der Waals surface area contributed by atoms with E-state index in [1.807, 2.05) is 29.2 Å². The molecule has 0 spiro atoms. The van der Waals surface area contributed by atoms with Gasteiger partial charge in [-0.25, -0.2) is 5.10 Å². The molecule has 0 bridgehead atoms. The number of aromatic nitrogens is 2. The number of hydrogen-bond acceptors (Lipinski definition) is 4. The maximum atomic E-state index is 12.8. The molecule has 0 saturated carbocycles. The minimum Gasteiger partial charge on any atom is -0.409 e. The van der Waals surface area contributed by atoms with Gasteiger partial charge >= 0.3 is 0 Å². The SMILES string of the molecule is C[C@@H]1CCC[C@H](C)N(C(=O)c2ccc(-c3n[nH]c(=S)o3)cc2)C1. The third kappa shape index (κ3) is 3.52. The summed E-state index contributed by atoms with van der Waals surface area (Å²) >= 11 is 4.88. The summed E-state index contributed by atoms with van der Waals surface area (Å²) in [5.74, 6) is 1.09.